The Morgan fingerprint density at radius 1 is 1.11 bits per heavy atom. The largest absolute Gasteiger partial charge is 0.448 e. The molecular weight excluding hydrogens is 364 g/mol. The molecule has 0 aromatic heterocycles. The second-order valence-electron chi connectivity index (χ2n) is 7.36. The summed E-state index contributed by atoms with van der Waals surface area (Å²) in [5.74, 6) is 0.0661. The van der Waals surface area contributed by atoms with Crippen molar-refractivity contribution in [2.24, 2.45) is 0 Å². The average Bonchev–Trinajstić information content (AvgIpc) is 3.34. The van der Waals surface area contributed by atoms with E-state index in [0.717, 1.165) is 6.42 Å². The summed E-state index contributed by atoms with van der Waals surface area (Å²) in [6, 6.07) is 16.7. The Bertz CT molecular complexity index is 813. The average molecular weight is 387 g/mol. The Hall–Kier alpha value is -2.08. The molecule has 6 heteroatoms. The third-order valence-electron chi connectivity index (χ3n) is 6.01. The van der Waals surface area contributed by atoms with Gasteiger partial charge in [0, 0.05) is 25.0 Å². The number of likely N-dealkylation sites (tertiary alicyclic amines) is 1. The summed E-state index contributed by atoms with van der Waals surface area (Å²) < 4.78 is 5.73. The minimum Gasteiger partial charge on any atom is -0.448 e. The highest BCUT2D eigenvalue weighted by atomic mass is 35.5. The lowest BCUT2D eigenvalue weighted by Crippen LogP contribution is -2.44. The quantitative estimate of drug-likeness (QED) is 0.833. The van der Waals surface area contributed by atoms with Gasteiger partial charge in [-0.3, -0.25) is 0 Å². The molecule has 0 bridgehead atoms. The Morgan fingerprint density at radius 2 is 1.74 bits per heavy atom. The fourth-order valence-electron chi connectivity index (χ4n) is 4.80. The maximum atomic E-state index is 12.7. The molecule has 2 aromatic rings. The first-order valence-electron chi connectivity index (χ1n) is 9.27. The standard InChI is InChI=1S/C21H22N2O3.ClH/c24-19-11-22-18-9-10-23(20(18)19)21(25)26-12-17-15-7-3-1-5-13(15)14-6-2-4-8-16(14)17;/h1-8,17-20,22,24H,9-12H2;1H/t18-,19+,20+;/m1./s1. The van der Waals surface area contributed by atoms with Gasteiger partial charge >= 0.3 is 6.09 Å². The van der Waals surface area contributed by atoms with Crippen molar-refractivity contribution in [3.05, 3.63) is 59.7 Å². The predicted octanol–water partition coefficient (Wildman–Crippen LogP) is 2.76. The van der Waals surface area contributed by atoms with Crippen LogP contribution in [0.15, 0.2) is 48.5 Å². The van der Waals surface area contributed by atoms with Crippen molar-refractivity contribution in [1.29, 1.82) is 0 Å². The highest BCUT2D eigenvalue weighted by Crippen LogP contribution is 2.44. The van der Waals surface area contributed by atoms with Crippen LogP contribution in [0.4, 0.5) is 4.79 Å². The van der Waals surface area contributed by atoms with Crippen LogP contribution in [0.25, 0.3) is 11.1 Å². The summed E-state index contributed by atoms with van der Waals surface area (Å²) in [6.07, 6.45) is 0.0384. The van der Waals surface area contributed by atoms with Crippen LogP contribution in [-0.4, -0.2) is 54.0 Å². The van der Waals surface area contributed by atoms with E-state index in [1.807, 2.05) is 24.3 Å². The van der Waals surface area contributed by atoms with Crippen LogP contribution >= 0.6 is 12.4 Å². The summed E-state index contributed by atoms with van der Waals surface area (Å²) >= 11 is 0. The van der Waals surface area contributed by atoms with Gasteiger partial charge in [-0.15, -0.1) is 12.4 Å². The highest BCUT2D eigenvalue weighted by molar-refractivity contribution is 5.85. The number of fused-ring (bicyclic) bond motifs is 4. The normalized spacial score (nSPS) is 25.5. The molecule has 0 unspecified atom stereocenters. The number of nitrogens with zero attached hydrogens (tertiary/aromatic N) is 1. The minimum absolute atomic E-state index is 0. The summed E-state index contributed by atoms with van der Waals surface area (Å²) in [4.78, 5) is 14.4. The van der Waals surface area contributed by atoms with E-state index in [9.17, 15) is 9.90 Å². The lowest BCUT2D eigenvalue weighted by Gasteiger charge is -2.26. The lowest BCUT2D eigenvalue weighted by molar-refractivity contribution is 0.0634. The number of hydrogen-bond acceptors (Lipinski definition) is 4. The van der Waals surface area contributed by atoms with Gasteiger partial charge in [0.2, 0.25) is 0 Å². The molecule has 2 aliphatic heterocycles. The smallest absolute Gasteiger partial charge is 0.410 e. The van der Waals surface area contributed by atoms with Crippen LogP contribution in [0.3, 0.4) is 0 Å². The van der Waals surface area contributed by atoms with E-state index >= 15 is 0 Å². The van der Waals surface area contributed by atoms with Gasteiger partial charge in [0.05, 0.1) is 12.1 Å². The molecule has 3 aliphatic rings. The van der Waals surface area contributed by atoms with Crippen molar-refractivity contribution in [2.75, 3.05) is 19.7 Å². The maximum absolute atomic E-state index is 12.7. The van der Waals surface area contributed by atoms with E-state index in [2.05, 4.69) is 29.6 Å². The molecule has 2 N–H and O–H groups in total. The lowest BCUT2D eigenvalue weighted by atomic mass is 9.98. The van der Waals surface area contributed by atoms with Gasteiger partial charge in [0.15, 0.2) is 0 Å². The van der Waals surface area contributed by atoms with Crippen LogP contribution < -0.4 is 5.32 Å². The SMILES string of the molecule is Cl.O=C(OCC1c2ccccc2-c2ccccc21)N1CC[C@H]2NC[C@H](O)[C@H]21. The maximum Gasteiger partial charge on any atom is 0.410 e. The van der Waals surface area contributed by atoms with Crippen LogP contribution in [0.1, 0.15) is 23.5 Å². The fourth-order valence-corrected chi connectivity index (χ4v) is 4.80. The molecule has 2 saturated heterocycles. The van der Waals surface area contributed by atoms with Crippen LogP contribution in [0, 0.1) is 0 Å². The van der Waals surface area contributed by atoms with Crippen molar-refractivity contribution >= 4 is 18.5 Å². The number of benzene rings is 2. The van der Waals surface area contributed by atoms with E-state index in [0.29, 0.717) is 19.7 Å². The van der Waals surface area contributed by atoms with E-state index < -0.39 is 6.10 Å². The zero-order valence-corrected chi connectivity index (χ0v) is 15.7. The topological polar surface area (TPSA) is 61.8 Å². The van der Waals surface area contributed by atoms with Gasteiger partial charge < -0.3 is 20.1 Å². The molecule has 142 valence electrons. The first kappa shape index (κ1) is 18.3. The number of aliphatic hydroxyl groups excluding tert-OH is 1. The molecule has 0 saturated carbocycles. The third-order valence-corrected chi connectivity index (χ3v) is 6.01. The Labute approximate surface area is 164 Å². The number of rotatable bonds is 2. The van der Waals surface area contributed by atoms with E-state index in [4.69, 9.17) is 4.74 Å². The number of hydrogen-bond donors (Lipinski definition) is 2. The minimum atomic E-state index is -0.511. The zero-order valence-electron chi connectivity index (χ0n) is 14.9. The number of amides is 1. The molecule has 27 heavy (non-hydrogen) atoms. The molecule has 2 heterocycles. The van der Waals surface area contributed by atoms with Crippen molar-refractivity contribution in [3.63, 3.8) is 0 Å². The van der Waals surface area contributed by atoms with E-state index in [-0.39, 0.29) is 36.5 Å². The fraction of sp³-hybridized carbons (Fsp3) is 0.381. The summed E-state index contributed by atoms with van der Waals surface area (Å²) in [5, 5.41) is 13.4. The number of aliphatic hydroxyl groups is 1. The first-order chi connectivity index (χ1) is 12.7. The van der Waals surface area contributed by atoms with Gasteiger partial charge in [-0.1, -0.05) is 48.5 Å². The molecule has 3 atom stereocenters. The van der Waals surface area contributed by atoms with Crippen LogP contribution in [0.5, 0.6) is 0 Å². The van der Waals surface area contributed by atoms with Crippen molar-refractivity contribution in [2.45, 2.75) is 30.5 Å². The first-order valence-corrected chi connectivity index (χ1v) is 9.27. The van der Waals surface area contributed by atoms with Crippen LogP contribution in [0.2, 0.25) is 0 Å². The van der Waals surface area contributed by atoms with E-state index in [1.165, 1.54) is 22.3 Å². The summed E-state index contributed by atoms with van der Waals surface area (Å²) in [6.45, 7) is 1.50. The van der Waals surface area contributed by atoms with Gasteiger partial charge in [-0.25, -0.2) is 4.79 Å². The molecule has 1 aliphatic carbocycles. The van der Waals surface area contributed by atoms with Gasteiger partial charge in [0.1, 0.15) is 6.61 Å². The number of nitrogens with one attached hydrogen (secondary N) is 1. The molecule has 5 rings (SSSR count). The molecule has 1 amide bonds. The second kappa shape index (κ2) is 7.15. The number of β-amino-alcohol motifs (C(OH)–C–C–N with tert-alkyl or cyclic N) is 1. The van der Waals surface area contributed by atoms with Crippen molar-refractivity contribution in [1.82, 2.24) is 10.2 Å². The third kappa shape index (κ3) is 2.90. The number of carbonyl (C=O) groups excluding carboxylic acids is 1. The second-order valence-corrected chi connectivity index (χ2v) is 7.36. The van der Waals surface area contributed by atoms with Crippen LogP contribution in [-0.2, 0) is 4.74 Å². The number of ether oxygens (including phenoxy) is 1. The van der Waals surface area contributed by atoms with E-state index in [1.54, 1.807) is 4.90 Å². The Morgan fingerprint density at radius 3 is 2.41 bits per heavy atom. The number of carbonyl (C=O) groups is 1. The monoisotopic (exact) mass is 386 g/mol. The molecule has 0 radical (unpaired) electrons. The number of halogens is 1. The molecule has 2 aromatic carbocycles. The summed E-state index contributed by atoms with van der Waals surface area (Å²) in [7, 11) is 0. The van der Waals surface area contributed by atoms with Gasteiger partial charge in [-0.05, 0) is 28.7 Å². The molecule has 2 fully saturated rings. The highest BCUT2D eigenvalue weighted by Gasteiger charge is 2.46. The molecular formula is C21H23ClN2O3. The zero-order chi connectivity index (χ0) is 17.7. The van der Waals surface area contributed by atoms with Gasteiger partial charge in [-0.2, -0.15) is 0 Å². The Kier molecular flexibility index (Phi) is 4.84. The predicted molar refractivity (Wildman–Crippen MR) is 105 cm³/mol. The Balaban J connectivity index is 0.00000180. The molecule has 5 nitrogen and oxygen atoms in total. The summed E-state index contributed by atoms with van der Waals surface area (Å²) in [5.41, 5.74) is 4.87. The van der Waals surface area contributed by atoms with Gasteiger partial charge in [0.25, 0.3) is 0 Å². The van der Waals surface area contributed by atoms with Crippen molar-refractivity contribution in [3.8, 4) is 11.1 Å². The molecule has 0 spiro atoms. The van der Waals surface area contributed by atoms with Crippen molar-refractivity contribution < 1.29 is 14.6 Å².